The molecule has 0 aliphatic heterocycles. The van der Waals surface area contributed by atoms with Gasteiger partial charge in [0.15, 0.2) is 5.13 Å². The average molecular weight is 253 g/mol. The van der Waals surface area contributed by atoms with Crippen molar-refractivity contribution in [1.82, 2.24) is 4.98 Å². The number of thiazole rings is 1. The molecule has 1 amide bonds. The maximum atomic E-state index is 12.1. The van der Waals surface area contributed by atoms with Gasteiger partial charge >= 0.3 is 0 Å². The molecule has 0 saturated carbocycles. The van der Waals surface area contributed by atoms with Gasteiger partial charge in [0.05, 0.1) is 5.69 Å². The zero-order valence-corrected chi connectivity index (χ0v) is 11.2. The Morgan fingerprint density at radius 2 is 2.29 bits per heavy atom. The lowest BCUT2D eigenvalue weighted by atomic mass is 9.88. The van der Waals surface area contributed by atoms with Crippen LogP contribution < -0.4 is 11.1 Å². The Morgan fingerprint density at radius 3 is 2.94 bits per heavy atom. The fourth-order valence-corrected chi connectivity index (χ4v) is 3.03. The van der Waals surface area contributed by atoms with E-state index in [2.05, 4.69) is 10.3 Å². The molecule has 0 spiro atoms. The molecule has 1 aromatic rings. The molecular weight excluding hydrogens is 234 g/mol. The first-order valence-electron chi connectivity index (χ1n) is 6.03. The van der Waals surface area contributed by atoms with Crippen LogP contribution in [0.1, 0.15) is 37.3 Å². The molecule has 1 aliphatic rings. The van der Waals surface area contributed by atoms with Crippen LogP contribution in [0.2, 0.25) is 0 Å². The van der Waals surface area contributed by atoms with Crippen LogP contribution in [0.15, 0.2) is 0 Å². The number of rotatable bonds is 4. The van der Waals surface area contributed by atoms with Gasteiger partial charge < -0.3 is 11.1 Å². The van der Waals surface area contributed by atoms with Crippen molar-refractivity contribution >= 4 is 22.4 Å². The number of hydrogen-bond donors (Lipinski definition) is 2. The normalized spacial score (nSPS) is 14.8. The summed E-state index contributed by atoms with van der Waals surface area (Å²) < 4.78 is 0. The van der Waals surface area contributed by atoms with Crippen LogP contribution in [-0.2, 0) is 17.6 Å². The minimum atomic E-state index is -0.426. The maximum Gasteiger partial charge on any atom is 0.231 e. The molecule has 0 bridgehead atoms. The molecule has 1 aromatic heterocycles. The maximum absolute atomic E-state index is 12.1. The van der Waals surface area contributed by atoms with Crippen molar-refractivity contribution in [2.45, 2.75) is 39.5 Å². The molecule has 0 radical (unpaired) electrons. The first kappa shape index (κ1) is 12.5. The summed E-state index contributed by atoms with van der Waals surface area (Å²) in [5.74, 6) is 0.00961. The lowest BCUT2D eigenvalue weighted by Crippen LogP contribution is -2.32. The summed E-state index contributed by atoms with van der Waals surface area (Å²) in [5, 5.41) is 3.65. The number of hydrogen-bond acceptors (Lipinski definition) is 4. The van der Waals surface area contributed by atoms with Gasteiger partial charge in [-0.2, -0.15) is 0 Å². The van der Waals surface area contributed by atoms with Gasteiger partial charge in [0.2, 0.25) is 5.91 Å². The summed E-state index contributed by atoms with van der Waals surface area (Å²) >= 11 is 1.61. The van der Waals surface area contributed by atoms with Crippen molar-refractivity contribution in [2.24, 2.45) is 11.1 Å². The molecule has 3 N–H and O–H groups in total. The smallest absolute Gasteiger partial charge is 0.231 e. The molecular formula is C12H19N3OS. The number of aromatic nitrogens is 1. The first-order valence-corrected chi connectivity index (χ1v) is 6.84. The number of anilines is 1. The van der Waals surface area contributed by atoms with Crippen LogP contribution >= 0.6 is 11.3 Å². The molecule has 5 heteroatoms. The Hall–Kier alpha value is -0.940. The van der Waals surface area contributed by atoms with Gasteiger partial charge in [-0.15, -0.1) is 11.3 Å². The quantitative estimate of drug-likeness (QED) is 0.861. The second-order valence-electron chi connectivity index (χ2n) is 5.12. The lowest BCUT2D eigenvalue weighted by Gasteiger charge is -2.21. The molecule has 17 heavy (non-hydrogen) atoms. The second kappa shape index (κ2) is 4.74. The summed E-state index contributed by atoms with van der Waals surface area (Å²) in [6, 6.07) is 0. The van der Waals surface area contributed by atoms with Crippen LogP contribution in [0.4, 0.5) is 5.13 Å². The minimum Gasteiger partial charge on any atom is -0.330 e. The van der Waals surface area contributed by atoms with Crippen LogP contribution in [0.25, 0.3) is 0 Å². The zero-order valence-electron chi connectivity index (χ0n) is 10.4. The number of nitrogens with two attached hydrogens (primary N) is 1. The third kappa shape index (κ3) is 2.66. The number of nitrogens with one attached hydrogen (secondary N) is 1. The second-order valence-corrected chi connectivity index (χ2v) is 6.20. The first-order chi connectivity index (χ1) is 8.03. The zero-order chi connectivity index (χ0) is 12.5. The van der Waals surface area contributed by atoms with Crippen LogP contribution in [0, 0.1) is 5.41 Å². The van der Waals surface area contributed by atoms with Crippen LogP contribution in [0.5, 0.6) is 0 Å². The summed E-state index contributed by atoms with van der Waals surface area (Å²) in [4.78, 5) is 17.8. The molecule has 2 rings (SSSR count). The standard InChI is InChI=1S/C12H19N3OS/c1-12(2,6-7-13)10(16)15-11-14-8-4-3-5-9(8)17-11/h3-7,13H2,1-2H3,(H,14,15,16). The van der Waals surface area contributed by atoms with Crippen molar-refractivity contribution in [1.29, 1.82) is 0 Å². The van der Waals surface area contributed by atoms with E-state index in [-0.39, 0.29) is 5.91 Å². The van der Waals surface area contributed by atoms with E-state index in [0.717, 1.165) is 18.0 Å². The van der Waals surface area contributed by atoms with Gasteiger partial charge in [-0.05, 0) is 32.2 Å². The number of carbonyl (C=O) groups excluding carboxylic acids is 1. The molecule has 1 heterocycles. The van der Waals surface area contributed by atoms with E-state index in [0.29, 0.717) is 13.0 Å². The molecule has 0 atom stereocenters. The van der Waals surface area contributed by atoms with E-state index in [1.54, 1.807) is 11.3 Å². The largest absolute Gasteiger partial charge is 0.330 e. The summed E-state index contributed by atoms with van der Waals surface area (Å²) in [6.07, 6.45) is 4.04. The van der Waals surface area contributed by atoms with Crippen molar-refractivity contribution in [3.8, 4) is 0 Å². The predicted molar refractivity (Wildman–Crippen MR) is 70.2 cm³/mol. The summed E-state index contributed by atoms with van der Waals surface area (Å²) in [5.41, 5.74) is 6.25. The van der Waals surface area contributed by atoms with Gasteiger partial charge in [-0.25, -0.2) is 4.98 Å². The fourth-order valence-electron chi connectivity index (χ4n) is 1.98. The molecule has 94 valence electrons. The molecule has 0 fully saturated rings. The highest BCUT2D eigenvalue weighted by molar-refractivity contribution is 7.15. The highest BCUT2D eigenvalue weighted by Gasteiger charge is 2.28. The molecule has 0 saturated heterocycles. The van der Waals surface area contributed by atoms with Gasteiger partial charge in [0, 0.05) is 10.3 Å². The highest BCUT2D eigenvalue weighted by atomic mass is 32.1. The van der Waals surface area contributed by atoms with Crippen molar-refractivity contribution < 1.29 is 4.79 Å². The monoisotopic (exact) mass is 253 g/mol. The van der Waals surface area contributed by atoms with Gasteiger partial charge in [0.1, 0.15) is 0 Å². The van der Waals surface area contributed by atoms with E-state index < -0.39 is 5.41 Å². The predicted octanol–water partition coefficient (Wildman–Crippen LogP) is 1.95. The Bertz CT molecular complexity index is 404. The Balaban J connectivity index is 2.03. The topological polar surface area (TPSA) is 68.0 Å². The van der Waals surface area contributed by atoms with Crippen molar-refractivity contribution in [2.75, 3.05) is 11.9 Å². The number of carbonyl (C=O) groups is 1. The summed E-state index contributed by atoms with van der Waals surface area (Å²) in [6.45, 7) is 4.35. The average Bonchev–Trinajstić information content (AvgIpc) is 2.77. The number of fused-ring (bicyclic) bond motifs is 1. The number of nitrogens with zero attached hydrogens (tertiary/aromatic N) is 1. The van der Waals surface area contributed by atoms with Crippen LogP contribution in [0.3, 0.4) is 0 Å². The molecule has 0 unspecified atom stereocenters. The number of amides is 1. The van der Waals surface area contributed by atoms with Crippen molar-refractivity contribution in [3.05, 3.63) is 10.6 Å². The lowest BCUT2D eigenvalue weighted by molar-refractivity contribution is -0.124. The molecule has 4 nitrogen and oxygen atoms in total. The van der Waals surface area contributed by atoms with E-state index in [9.17, 15) is 4.79 Å². The minimum absolute atomic E-state index is 0.00961. The van der Waals surface area contributed by atoms with E-state index in [1.807, 2.05) is 13.8 Å². The van der Waals surface area contributed by atoms with Gasteiger partial charge in [0.25, 0.3) is 0 Å². The fraction of sp³-hybridized carbons (Fsp3) is 0.667. The van der Waals surface area contributed by atoms with Gasteiger partial charge in [-0.3, -0.25) is 4.79 Å². The Morgan fingerprint density at radius 1 is 1.53 bits per heavy atom. The third-order valence-electron chi connectivity index (χ3n) is 3.20. The van der Waals surface area contributed by atoms with Crippen molar-refractivity contribution in [3.63, 3.8) is 0 Å². The Kier molecular flexibility index (Phi) is 3.49. The Labute approximate surface area is 106 Å². The van der Waals surface area contributed by atoms with Crippen LogP contribution in [-0.4, -0.2) is 17.4 Å². The van der Waals surface area contributed by atoms with E-state index in [1.165, 1.54) is 17.0 Å². The highest BCUT2D eigenvalue weighted by Crippen LogP contribution is 2.31. The molecule has 0 aromatic carbocycles. The SMILES string of the molecule is CC(C)(CCN)C(=O)Nc1nc2c(s1)CCC2. The summed E-state index contributed by atoms with van der Waals surface area (Å²) in [7, 11) is 0. The van der Waals surface area contributed by atoms with E-state index in [4.69, 9.17) is 5.73 Å². The number of aryl methyl sites for hydroxylation is 2. The third-order valence-corrected chi connectivity index (χ3v) is 4.27. The van der Waals surface area contributed by atoms with E-state index >= 15 is 0 Å². The molecule has 1 aliphatic carbocycles. The van der Waals surface area contributed by atoms with Gasteiger partial charge in [-0.1, -0.05) is 13.8 Å².